The summed E-state index contributed by atoms with van der Waals surface area (Å²) < 4.78 is 5.29. The molecule has 0 radical (unpaired) electrons. The maximum Gasteiger partial charge on any atom is 0.335 e. The number of amides is 1. The number of halogens is 1. The molecule has 1 saturated heterocycles. The zero-order valence-electron chi connectivity index (χ0n) is 15.2. The lowest BCUT2D eigenvalue weighted by molar-refractivity contribution is 0.0687. The first-order valence-electron chi connectivity index (χ1n) is 8.93. The molecule has 6 heteroatoms. The SMILES string of the molecule is COc1cc(Cl)ccc1C(=O)N1CCC(Cc2ccccc2C(=O)O)CC1. The summed E-state index contributed by atoms with van der Waals surface area (Å²) in [6.45, 7) is 1.29. The van der Waals surface area contributed by atoms with Crippen LogP contribution in [0.3, 0.4) is 0 Å². The molecule has 2 aromatic rings. The highest BCUT2D eigenvalue weighted by Gasteiger charge is 2.26. The fourth-order valence-electron chi connectivity index (χ4n) is 3.57. The monoisotopic (exact) mass is 387 g/mol. The number of aromatic carboxylic acids is 1. The summed E-state index contributed by atoms with van der Waals surface area (Å²) in [4.78, 5) is 26.0. The number of piperidine rings is 1. The number of benzene rings is 2. The number of likely N-dealkylation sites (tertiary alicyclic amines) is 1. The van der Waals surface area contributed by atoms with Crippen molar-refractivity contribution >= 4 is 23.5 Å². The van der Waals surface area contributed by atoms with E-state index in [0.29, 0.717) is 40.9 Å². The lowest BCUT2D eigenvalue weighted by Crippen LogP contribution is -2.39. The van der Waals surface area contributed by atoms with Crippen LogP contribution in [0.15, 0.2) is 42.5 Å². The summed E-state index contributed by atoms with van der Waals surface area (Å²) in [5.41, 5.74) is 1.73. The Balaban J connectivity index is 1.64. The molecule has 0 saturated carbocycles. The van der Waals surface area contributed by atoms with Crippen molar-refractivity contribution in [1.82, 2.24) is 4.90 Å². The molecule has 2 aromatic carbocycles. The predicted molar refractivity (Wildman–Crippen MR) is 104 cm³/mol. The Hall–Kier alpha value is -2.53. The van der Waals surface area contributed by atoms with Gasteiger partial charge in [0, 0.05) is 18.1 Å². The Morgan fingerprint density at radius 3 is 2.52 bits per heavy atom. The fraction of sp³-hybridized carbons (Fsp3) is 0.333. The van der Waals surface area contributed by atoms with Gasteiger partial charge in [-0.2, -0.15) is 0 Å². The Kier molecular flexibility index (Phi) is 6.01. The Morgan fingerprint density at radius 1 is 1.15 bits per heavy atom. The Morgan fingerprint density at radius 2 is 1.85 bits per heavy atom. The van der Waals surface area contributed by atoms with Crippen LogP contribution in [0.4, 0.5) is 0 Å². The van der Waals surface area contributed by atoms with Gasteiger partial charge < -0.3 is 14.7 Å². The highest BCUT2D eigenvalue weighted by molar-refractivity contribution is 6.30. The third kappa shape index (κ3) is 4.42. The van der Waals surface area contributed by atoms with Crippen LogP contribution in [0.5, 0.6) is 5.75 Å². The molecule has 5 nitrogen and oxygen atoms in total. The molecular weight excluding hydrogens is 366 g/mol. The molecule has 1 heterocycles. The summed E-state index contributed by atoms with van der Waals surface area (Å²) in [6, 6.07) is 12.2. The Labute approximate surface area is 163 Å². The molecule has 1 aliphatic heterocycles. The minimum atomic E-state index is -0.895. The molecule has 0 atom stereocenters. The highest BCUT2D eigenvalue weighted by atomic mass is 35.5. The first-order valence-corrected chi connectivity index (χ1v) is 9.31. The van der Waals surface area contributed by atoms with Crippen LogP contribution in [-0.2, 0) is 6.42 Å². The quantitative estimate of drug-likeness (QED) is 0.837. The zero-order valence-corrected chi connectivity index (χ0v) is 15.9. The predicted octanol–water partition coefficient (Wildman–Crippen LogP) is 4.14. The van der Waals surface area contributed by atoms with E-state index in [9.17, 15) is 14.7 Å². The molecule has 0 aromatic heterocycles. The average Bonchev–Trinajstić information content (AvgIpc) is 2.68. The van der Waals surface area contributed by atoms with Gasteiger partial charge in [0.1, 0.15) is 5.75 Å². The van der Waals surface area contributed by atoms with Crippen LogP contribution in [0, 0.1) is 5.92 Å². The normalized spacial score (nSPS) is 14.8. The molecule has 1 aliphatic rings. The van der Waals surface area contributed by atoms with Gasteiger partial charge in [0.15, 0.2) is 0 Å². The lowest BCUT2D eigenvalue weighted by atomic mass is 9.88. The molecule has 142 valence electrons. The minimum Gasteiger partial charge on any atom is -0.496 e. The van der Waals surface area contributed by atoms with Crippen molar-refractivity contribution in [3.8, 4) is 5.75 Å². The number of carboxylic acid groups (broad SMARTS) is 1. The van der Waals surface area contributed by atoms with Gasteiger partial charge in [-0.05, 0) is 55.0 Å². The summed E-state index contributed by atoms with van der Waals surface area (Å²) in [7, 11) is 1.52. The van der Waals surface area contributed by atoms with Crippen molar-refractivity contribution in [2.75, 3.05) is 20.2 Å². The number of nitrogens with zero attached hydrogens (tertiary/aromatic N) is 1. The summed E-state index contributed by atoms with van der Waals surface area (Å²) in [5.74, 6) is -0.118. The van der Waals surface area contributed by atoms with Gasteiger partial charge in [0.25, 0.3) is 5.91 Å². The molecule has 27 heavy (non-hydrogen) atoms. The van der Waals surface area contributed by atoms with Crippen LogP contribution in [0.25, 0.3) is 0 Å². The number of rotatable bonds is 5. The van der Waals surface area contributed by atoms with Crippen LogP contribution < -0.4 is 4.74 Å². The van der Waals surface area contributed by atoms with E-state index in [-0.39, 0.29) is 5.91 Å². The van der Waals surface area contributed by atoms with E-state index in [1.165, 1.54) is 7.11 Å². The van der Waals surface area contributed by atoms with Gasteiger partial charge in [-0.1, -0.05) is 29.8 Å². The number of hydrogen-bond acceptors (Lipinski definition) is 3. The van der Waals surface area contributed by atoms with Crippen molar-refractivity contribution in [2.45, 2.75) is 19.3 Å². The second-order valence-corrected chi connectivity index (χ2v) is 7.18. The van der Waals surface area contributed by atoms with Crippen LogP contribution >= 0.6 is 11.6 Å². The first-order chi connectivity index (χ1) is 13.0. The van der Waals surface area contributed by atoms with E-state index in [0.717, 1.165) is 24.8 Å². The first kappa shape index (κ1) is 19.2. The number of carboxylic acids is 1. The van der Waals surface area contributed by atoms with E-state index in [4.69, 9.17) is 16.3 Å². The largest absolute Gasteiger partial charge is 0.496 e. The molecule has 1 N–H and O–H groups in total. The van der Waals surface area contributed by atoms with Crippen molar-refractivity contribution in [3.63, 3.8) is 0 Å². The average molecular weight is 388 g/mol. The molecule has 0 bridgehead atoms. The third-order valence-electron chi connectivity index (χ3n) is 5.05. The molecule has 1 amide bonds. The van der Waals surface area contributed by atoms with Crippen molar-refractivity contribution in [1.29, 1.82) is 0 Å². The van der Waals surface area contributed by atoms with Crippen LogP contribution in [0.1, 0.15) is 39.1 Å². The van der Waals surface area contributed by atoms with E-state index in [1.807, 2.05) is 17.0 Å². The van der Waals surface area contributed by atoms with Crippen molar-refractivity contribution < 1.29 is 19.4 Å². The van der Waals surface area contributed by atoms with Crippen molar-refractivity contribution in [3.05, 3.63) is 64.2 Å². The van der Waals surface area contributed by atoms with E-state index in [1.54, 1.807) is 30.3 Å². The van der Waals surface area contributed by atoms with Crippen LogP contribution in [-0.4, -0.2) is 42.1 Å². The van der Waals surface area contributed by atoms with Gasteiger partial charge in [0.2, 0.25) is 0 Å². The standard InChI is InChI=1S/C21H22ClNO4/c1-27-19-13-16(22)6-7-18(19)20(24)23-10-8-14(9-11-23)12-15-4-2-3-5-17(15)21(25)26/h2-7,13-14H,8-12H2,1H3,(H,25,26). The van der Waals surface area contributed by atoms with Gasteiger partial charge in [-0.15, -0.1) is 0 Å². The second kappa shape index (κ2) is 8.44. The molecule has 0 spiro atoms. The highest BCUT2D eigenvalue weighted by Crippen LogP contribution is 2.28. The topological polar surface area (TPSA) is 66.8 Å². The molecule has 0 aliphatic carbocycles. The second-order valence-electron chi connectivity index (χ2n) is 6.75. The number of carbonyl (C=O) groups is 2. The lowest BCUT2D eigenvalue weighted by Gasteiger charge is -2.32. The minimum absolute atomic E-state index is 0.0621. The number of methoxy groups -OCH3 is 1. The third-order valence-corrected chi connectivity index (χ3v) is 5.29. The van der Waals surface area contributed by atoms with E-state index in [2.05, 4.69) is 0 Å². The molecule has 0 unspecified atom stereocenters. The smallest absolute Gasteiger partial charge is 0.335 e. The van der Waals surface area contributed by atoms with Gasteiger partial charge in [-0.25, -0.2) is 4.79 Å². The number of ether oxygens (including phenoxy) is 1. The molecule has 3 rings (SSSR count). The molecular formula is C21H22ClNO4. The van der Waals surface area contributed by atoms with Gasteiger partial charge in [0.05, 0.1) is 18.2 Å². The summed E-state index contributed by atoms with van der Waals surface area (Å²) >= 11 is 5.97. The fourth-order valence-corrected chi connectivity index (χ4v) is 3.73. The zero-order chi connectivity index (χ0) is 19.4. The summed E-state index contributed by atoms with van der Waals surface area (Å²) in [6.07, 6.45) is 2.40. The van der Waals surface area contributed by atoms with Crippen LogP contribution in [0.2, 0.25) is 5.02 Å². The van der Waals surface area contributed by atoms with E-state index < -0.39 is 5.97 Å². The van der Waals surface area contributed by atoms with Crippen molar-refractivity contribution in [2.24, 2.45) is 5.92 Å². The number of carbonyl (C=O) groups excluding carboxylic acids is 1. The number of hydrogen-bond donors (Lipinski definition) is 1. The summed E-state index contributed by atoms with van der Waals surface area (Å²) in [5, 5.41) is 9.86. The maximum atomic E-state index is 12.8. The van der Waals surface area contributed by atoms with Gasteiger partial charge >= 0.3 is 5.97 Å². The maximum absolute atomic E-state index is 12.8. The van der Waals surface area contributed by atoms with Gasteiger partial charge in [-0.3, -0.25) is 4.79 Å². The molecule has 1 fully saturated rings. The Bertz CT molecular complexity index is 844. The van der Waals surface area contributed by atoms with E-state index >= 15 is 0 Å².